The van der Waals surface area contributed by atoms with Gasteiger partial charge in [-0.3, -0.25) is 4.39 Å². The number of benzene rings is 7. The van der Waals surface area contributed by atoms with Crippen molar-refractivity contribution in [3.8, 4) is 28.2 Å². The molecule has 0 aliphatic carbocycles. The number of para-hydroxylation sites is 2. The monoisotopic (exact) mass is 916 g/mol. The summed E-state index contributed by atoms with van der Waals surface area (Å²) in [6.07, 6.45) is 3.85. The molecule has 0 unspecified atom stereocenters. The second-order valence-electron chi connectivity index (χ2n) is 14.4. The van der Waals surface area contributed by atoms with Crippen LogP contribution in [0.4, 0.5) is 4.39 Å². The molecule has 0 amide bonds. The van der Waals surface area contributed by atoms with E-state index in [-0.39, 0.29) is 25.9 Å². The van der Waals surface area contributed by atoms with Gasteiger partial charge in [0.15, 0.2) is 0 Å². The largest absolute Gasteiger partial charge is 0.500 e. The molecular weight excluding hydrogens is 882 g/mol. The van der Waals surface area contributed by atoms with Gasteiger partial charge in [0.2, 0.25) is 0 Å². The number of fused-ring (bicyclic) bond motifs is 10. The van der Waals surface area contributed by atoms with Crippen LogP contribution in [0.15, 0.2) is 168 Å². The van der Waals surface area contributed by atoms with E-state index in [0.717, 1.165) is 71.9 Å². The summed E-state index contributed by atoms with van der Waals surface area (Å²) in [6.45, 7) is 4.25. The molecule has 0 fully saturated rings. The number of aromatic nitrogens is 3. The predicted molar refractivity (Wildman–Crippen MR) is 228 cm³/mol. The molecule has 0 atom stereocenters. The molecule has 4 heterocycles. The van der Waals surface area contributed by atoms with Crippen molar-refractivity contribution in [3.05, 3.63) is 188 Å². The molecule has 11 aromatic rings. The van der Waals surface area contributed by atoms with Gasteiger partial charge in [-0.25, -0.2) is 0 Å². The number of pyridine rings is 2. The van der Waals surface area contributed by atoms with E-state index in [4.69, 9.17) is 9.40 Å². The molecule has 0 saturated heterocycles. The van der Waals surface area contributed by atoms with Crippen molar-refractivity contribution in [1.82, 2.24) is 14.5 Å². The SMILES string of the molecule is CC(C)c1ccc(-c2[c-]cc(F)cc2)nc1.[Ir].[c-]1ccc2c(oc3c2ccc2ccc4ccccc4c23)c1-c1cc2c(cn1)c1ccccc1n2-c1ccccc1. The predicted octanol–water partition coefficient (Wildman–Crippen LogP) is 13.7. The zero-order valence-electron chi connectivity index (χ0n) is 31.1. The zero-order chi connectivity index (χ0) is 37.8. The molecule has 1 radical (unpaired) electrons. The number of rotatable bonds is 4. The van der Waals surface area contributed by atoms with E-state index in [1.54, 1.807) is 6.07 Å². The summed E-state index contributed by atoms with van der Waals surface area (Å²) in [4.78, 5) is 9.31. The van der Waals surface area contributed by atoms with Crippen molar-refractivity contribution in [1.29, 1.82) is 0 Å². The van der Waals surface area contributed by atoms with Crippen LogP contribution in [0, 0.1) is 17.9 Å². The van der Waals surface area contributed by atoms with Crippen molar-refractivity contribution in [2.75, 3.05) is 0 Å². The number of nitrogens with zero attached hydrogens (tertiary/aromatic N) is 3. The molecule has 4 nitrogen and oxygen atoms in total. The van der Waals surface area contributed by atoms with Gasteiger partial charge < -0.3 is 19.0 Å². The fourth-order valence-corrected chi connectivity index (χ4v) is 7.80. The first kappa shape index (κ1) is 36.2. The van der Waals surface area contributed by atoms with E-state index >= 15 is 0 Å². The number of halogens is 1. The summed E-state index contributed by atoms with van der Waals surface area (Å²) in [5, 5.41) is 9.20. The van der Waals surface area contributed by atoms with Crippen LogP contribution >= 0.6 is 0 Å². The smallest absolute Gasteiger partial charge is 0.129 e. The molecule has 57 heavy (non-hydrogen) atoms. The molecule has 0 aliphatic rings. The van der Waals surface area contributed by atoms with E-state index in [9.17, 15) is 4.39 Å². The second-order valence-corrected chi connectivity index (χ2v) is 14.4. The maximum atomic E-state index is 12.7. The second kappa shape index (κ2) is 14.9. The average molecular weight is 916 g/mol. The van der Waals surface area contributed by atoms with Gasteiger partial charge in [-0.15, -0.1) is 48.0 Å². The fraction of sp³-hybridized carbons (Fsp3) is 0.0588. The molecule has 0 saturated carbocycles. The van der Waals surface area contributed by atoms with Gasteiger partial charge in [-0.1, -0.05) is 128 Å². The Kier molecular flexibility index (Phi) is 9.45. The summed E-state index contributed by atoms with van der Waals surface area (Å²) in [5.74, 6) is 0.196. The van der Waals surface area contributed by atoms with E-state index in [1.165, 1.54) is 39.2 Å². The van der Waals surface area contributed by atoms with E-state index in [1.807, 2.05) is 30.6 Å². The van der Waals surface area contributed by atoms with Gasteiger partial charge in [-0.2, -0.15) is 0 Å². The quantitative estimate of drug-likeness (QED) is 0.130. The topological polar surface area (TPSA) is 43.9 Å². The zero-order valence-corrected chi connectivity index (χ0v) is 33.5. The Morgan fingerprint density at radius 3 is 2.12 bits per heavy atom. The van der Waals surface area contributed by atoms with Gasteiger partial charge in [-0.05, 0) is 57.2 Å². The fourth-order valence-electron chi connectivity index (χ4n) is 7.80. The van der Waals surface area contributed by atoms with Crippen molar-refractivity contribution in [3.63, 3.8) is 0 Å². The van der Waals surface area contributed by atoms with Crippen molar-refractivity contribution in [2.24, 2.45) is 0 Å². The van der Waals surface area contributed by atoms with Gasteiger partial charge in [0.25, 0.3) is 0 Å². The van der Waals surface area contributed by atoms with Crippen LogP contribution in [-0.2, 0) is 20.1 Å². The number of furan rings is 1. The Hall–Kier alpha value is -6.46. The minimum absolute atomic E-state index is 0. The normalized spacial score (nSPS) is 11.4. The molecule has 0 spiro atoms. The molecule has 277 valence electrons. The van der Waals surface area contributed by atoms with E-state index in [0.29, 0.717) is 5.92 Å². The third-order valence-corrected chi connectivity index (χ3v) is 10.6. The molecule has 11 rings (SSSR count). The minimum atomic E-state index is -0.275. The van der Waals surface area contributed by atoms with Crippen molar-refractivity contribution >= 4 is 65.3 Å². The summed E-state index contributed by atoms with van der Waals surface area (Å²) in [6, 6.07) is 57.2. The van der Waals surface area contributed by atoms with Crippen LogP contribution in [0.2, 0.25) is 0 Å². The van der Waals surface area contributed by atoms with Gasteiger partial charge in [0.1, 0.15) is 5.58 Å². The maximum absolute atomic E-state index is 12.7. The first-order chi connectivity index (χ1) is 27.5. The molecule has 0 N–H and O–H groups in total. The third kappa shape index (κ3) is 6.37. The first-order valence-electron chi connectivity index (χ1n) is 18.8. The molecular formula is C51H34FIrN3O-2. The van der Waals surface area contributed by atoms with Crippen LogP contribution in [0.3, 0.4) is 0 Å². The Morgan fingerprint density at radius 1 is 0.596 bits per heavy atom. The molecule has 0 aliphatic heterocycles. The van der Waals surface area contributed by atoms with Gasteiger partial charge >= 0.3 is 0 Å². The molecule has 4 aromatic heterocycles. The Morgan fingerprint density at radius 2 is 1.33 bits per heavy atom. The van der Waals surface area contributed by atoms with Gasteiger partial charge in [0, 0.05) is 71.1 Å². The Balaban J connectivity index is 0.000000210. The van der Waals surface area contributed by atoms with Gasteiger partial charge in [0.05, 0.1) is 11.1 Å². The van der Waals surface area contributed by atoms with Crippen LogP contribution in [0.5, 0.6) is 0 Å². The average Bonchev–Trinajstić information content (AvgIpc) is 3.80. The third-order valence-electron chi connectivity index (χ3n) is 10.6. The summed E-state index contributed by atoms with van der Waals surface area (Å²) >= 11 is 0. The van der Waals surface area contributed by atoms with Crippen molar-refractivity contribution < 1.29 is 28.9 Å². The summed E-state index contributed by atoms with van der Waals surface area (Å²) in [5.41, 5.74) is 9.65. The minimum Gasteiger partial charge on any atom is -0.500 e. The number of hydrogen-bond acceptors (Lipinski definition) is 3. The summed E-state index contributed by atoms with van der Waals surface area (Å²) in [7, 11) is 0. The molecule has 7 aromatic carbocycles. The standard InChI is InChI=1S/C37H21N2O.C14H13FN.Ir/c1-2-10-25(11-3-1)39-33-16-7-6-13-27(33)31-22-38-32(21-34(31)39)30-15-8-14-28-29-20-19-24-18-17-23-9-4-5-12-26(23)35(24)37(29)40-36(28)30;1-10(2)12-5-8-14(16-9-12)11-3-6-13(15)7-4-11;/h1-14,16-22H;3,5-10H,1-2H3;/q2*-1;. The van der Waals surface area contributed by atoms with Crippen LogP contribution in [-0.4, -0.2) is 14.5 Å². The first-order valence-corrected chi connectivity index (χ1v) is 18.8. The Bertz CT molecular complexity index is 3220. The molecule has 0 bridgehead atoms. The van der Waals surface area contributed by atoms with Crippen molar-refractivity contribution in [2.45, 2.75) is 19.8 Å². The molecule has 6 heteroatoms. The van der Waals surface area contributed by atoms with E-state index < -0.39 is 0 Å². The summed E-state index contributed by atoms with van der Waals surface area (Å²) < 4.78 is 21.8. The maximum Gasteiger partial charge on any atom is 0.129 e. The van der Waals surface area contributed by atoms with Crippen LogP contribution in [0.1, 0.15) is 25.3 Å². The Labute approximate surface area is 342 Å². The van der Waals surface area contributed by atoms with Crippen LogP contribution < -0.4 is 0 Å². The van der Waals surface area contributed by atoms with E-state index in [2.05, 4.69) is 151 Å². The van der Waals surface area contributed by atoms with Crippen LogP contribution in [0.25, 0.3) is 93.5 Å². The number of hydrogen-bond donors (Lipinski definition) is 0.